The Hall–Kier alpha value is -2.04. The Morgan fingerprint density at radius 3 is 2.52 bits per heavy atom. The van der Waals surface area contributed by atoms with Crippen LogP contribution >= 0.6 is 0 Å². The number of sulfonamides is 1. The maximum atomic E-state index is 12.4. The molecule has 0 aliphatic carbocycles. The van der Waals surface area contributed by atoms with Crippen molar-refractivity contribution in [3.05, 3.63) is 36.7 Å². The third-order valence-corrected chi connectivity index (χ3v) is 5.48. The highest BCUT2D eigenvalue weighted by atomic mass is 32.2. The summed E-state index contributed by atoms with van der Waals surface area (Å²) in [5.74, 6) is -1.24. The average molecular weight is 335 g/mol. The van der Waals surface area contributed by atoms with Crippen LogP contribution in [0.2, 0.25) is 0 Å². The lowest BCUT2D eigenvalue weighted by atomic mass is 9.98. The molecular weight excluding hydrogens is 314 g/mol. The zero-order valence-corrected chi connectivity index (χ0v) is 14.2. The molecule has 0 saturated heterocycles. The third kappa shape index (κ3) is 4.47. The van der Waals surface area contributed by atoms with Crippen LogP contribution in [0.3, 0.4) is 0 Å². The van der Waals surface area contributed by atoms with Crippen molar-refractivity contribution in [3.8, 4) is 6.07 Å². The summed E-state index contributed by atoms with van der Waals surface area (Å²) < 4.78 is 26.0. The van der Waals surface area contributed by atoms with Gasteiger partial charge in [-0.3, -0.25) is 9.78 Å². The van der Waals surface area contributed by atoms with Crippen LogP contribution in [0.1, 0.15) is 38.3 Å². The molecule has 0 fully saturated rings. The molecule has 23 heavy (non-hydrogen) atoms. The SMILES string of the molecule is C=CCCC(=O)C(C#N)c1ccc(S(=O)(=O)N(CC)CC)cn1. The second-order valence-electron chi connectivity index (χ2n) is 4.86. The Balaban J connectivity index is 3.06. The second kappa shape index (κ2) is 8.56. The fourth-order valence-corrected chi connectivity index (χ4v) is 3.52. The third-order valence-electron chi connectivity index (χ3n) is 3.44. The van der Waals surface area contributed by atoms with Gasteiger partial charge in [0, 0.05) is 25.7 Å². The van der Waals surface area contributed by atoms with Crippen molar-refractivity contribution in [2.45, 2.75) is 37.5 Å². The first-order valence-corrected chi connectivity index (χ1v) is 8.85. The van der Waals surface area contributed by atoms with Gasteiger partial charge in [0.05, 0.1) is 11.8 Å². The molecule has 0 saturated carbocycles. The summed E-state index contributed by atoms with van der Waals surface area (Å²) in [4.78, 5) is 16.1. The van der Waals surface area contributed by atoms with E-state index >= 15 is 0 Å². The highest BCUT2D eigenvalue weighted by Crippen LogP contribution is 2.20. The van der Waals surface area contributed by atoms with Crippen LogP contribution < -0.4 is 0 Å². The summed E-state index contributed by atoms with van der Waals surface area (Å²) in [6.07, 6.45) is 3.52. The van der Waals surface area contributed by atoms with Crippen molar-refractivity contribution in [3.63, 3.8) is 0 Å². The van der Waals surface area contributed by atoms with E-state index in [1.165, 1.54) is 22.6 Å². The summed E-state index contributed by atoms with van der Waals surface area (Å²) in [7, 11) is -3.60. The van der Waals surface area contributed by atoms with Crippen LogP contribution in [0, 0.1) is 11.3 Å². The molecule has 0 N–H and O–H groups in total. The van der Waals surface area contributed by atoms with Crippen LogP contribution in [-0.4, -0.2) is 36.6 Å². The highest BCUT2D eigenvalue weighted by Gasteiger charge is 2.24. The van der Waals surface area contributed by atoms with E-state index in [9.17, 15) is 18.5 Å². The fraction of sp³-hybridized carbons (Fsp3) is 0.438. The number of carbonyl (C=O) groups excluding carboxylic acids is 1. The molecule has 0 radical (unpaired) electrons. The molecular formula is C16H21N3O3S. The van der Waals surface area contributed by atoms with Crippen molar-refractivity contribution < 1.29 is 13.2 Å². The molecule has 1 aromatic heterocycles. The predicted octanol–water partition coefficient (Wildman–Crippen LogP) is 2.25. The summed E-state index contributed by atoms with van der Waals surface area (Å²) in [5, 5.41) is 9.18. The molecule has 6 nitrogen and oxygen atoms in total. The number of Topliss-reactive ketones (excluding diaryl/α,β-unsaturated/α-hetero) is 1. The minimum absolute atomic E-state index is 0.0557. The van der Waals surface area contributed by atoms with Crippen molar-refractivity contribution in [1.29, 1.82) is 5.26 Å². The smallest absolute Gasteiger partial charge is 0.244 e. The number of aromatic nitrogens is 1. The van der Waals surface area contributed by atoms with Crippen LogP contribution in [0.5, 0.6) is 0 Å². The first-order valence-electron chi connectivity index (χ1n) is 7.41. The van der Waals surface area contributed by atoms with Gasteiger partial charge in [0.15, 0.2) is 5.78 Å². The molecule has 1 atom stereocenters. The topological polar surface area (TPSA) is 91.1 Å². The predicted molar refractivity (Wildman–Crippen MR) is 87.1 cm³/mol. The van der Waals surface area contributed by atoms with Gasteiger partial charge in [0.2, 0.25) is 10.0 Å². The van der Waals surface area contributed by atoms with E-state index in [0.29, 0.717) is 19.5 Å². The zero-order chi connectivity index (χ0) is 17.5. The largest absolute Gasteiger partial charge is 0.298 e. The molecule has 1 aromatic rings. The minimum atomic E-state index is -3.60. The Morgan fingerprint density at radius 2 is 2.09 bits per heavy atom. The van der Waals surface area contributed by atoms with E-state index < -0.39 is 15.9 Å². The minimum Gasteiger partial charge on any atom is -0.298 e. The lowest BCUT2D eigenvalue weighted by Crippen LogP contribution is -2.30. The number of nitrogens with zero attached hydrogens (tertiary/aromatic N) is 3. The quantitative estimate of drug-likeness (QED) is 0.646. The van der Waals surface area contributed by atoms with Gasteiger partial charge in [0.25, 0.3) is 0 Å². The second-order valence-corrected chi connectivity index (χ2v) is 6.80. The monoisotopic (exact) mass is 335 g/mol. The maximum absolute atomic E-state index is 12.4. The highest BCUT2D eigenvalue weighted by molar-refractivity contribution is 7.89. The average Bonchev–Trinajstić information content (AvgIpc) is 2.55. The van der Waals surface area contributed by atoms with E-state index in [1.807, 2.05) is 6.07 Å². The Morgan fingerprint density at radius 1 is 1.43 bits per heavy atom. The molecule has 1 heterocycles. The van der Waals surface area contributed by atoms with Gasteiger partial charge < -0.3 is 0 Å². The summed E-state index contributed by atoms with van der Waals surface area (Å²) in [5.41, 5.74) is 0.264. The number of nitriles is 1. The van der Waals surface area contributed by atoms with Crippen LogP contribution in [0.4, 0.5) is 0 Å². The van der Waals surface area contributed by atoms with Crippen molar-refractivity contribution in [1.82, 2.24) is 9.29 Å². The Kier molecular flexibility index (Phi) is 7.07. The molecule has 0 aliphatic rings. The van der Waals surface area contributed by atoms with Gasteiger partial charge in [-0.1, -0.05) is 19.9 Å². The number of pyridine rings is 1. The number of ketones is 1. The van der Waals surface area contributed by atoms with E-state index in [0.717, 1.165) is 0 Å². The Bertz CT molecular complexity index is 686. The van der Waals surface area contributed by atoms with E-state index in [4.69, 9.17) is 0 Å². The van der Waals surface area contributed by atoms with Gasteiger partial charge in [-0.25, -0.2) is 8.42 Å². The number of hydrogen-bond donors (Lipinski definition) is 0. The zero-order valence-electron chi connectivity index (χ0n) is 13.4. The number of allylic oxidation sites excluding steroid dienone is 1. The summed E-state index contributed by atoms with van der Waals surface area (Å²) in [6, 6.07) is 4.74. The molecule has 1 rings (SSSR count). The molecule has 0 amide bonds. The van der Waals surface area contributed by atoms with Crippen molar-refractivity contribution >= 4 is 15.8 Å². The van der Waals surface area contributed by atoms with Crippen LogP contribution in [0.25, 0.3) is 0 Å². The van der Waals surface area contributed by atoms with Crippen LogP contribution in [0.15, 0.2) is 35.9 Å². The van der Waals surface area contributed by atoms with Crippen molar-refractivity contribution in [2.75, 3.05) is 13.1 Å². The summed E-state index contributed by atoms with van der Waals surface area (Å²) >= 11 is 0. The lowest BCUT2D eigenvalue weighted by molar-refractivity contribution is -0.119. The molecule has 0 aliphatic heterocycles. The van der Waals surface area contributed by atoms with E-state index in [1.54, 1.807) is 19.9 Å². The lowest BCUT2D eigenvalue weighted by Gasteiger charge is -2.18. The normalized spacial score (nSPS) is 12.6. The van der Waals surface area contributed by atoms with E-state index in [-0.39, 0.29) is 22.8 Å². The van der Waals surface area contributed by atoms with Gasteiger partial charge in [0.1, 0.15) is 10.8 Å². The first-order chi connectivity index (χ1) is 10.9. The molecule has 124 valence electrons. The van der Waals surface area contributed by atoms with Gasteiger partial charge in [-0.05, 0) is 18.6 Å². The molecule has 7 heteroatoms. The summed E-state index contributed by atoms with van der Waals surface area (Å²) in [6.45, 7) is 7.78. The molecule has 1 unspecified atom stereocenters. The van der Waals surface area contributed by atoms with Gasteiger partial charge in [-0.2, -0.15) is 9.57 Å². The molecule has 0 aromatic carbocycles. The van der Waals surface area contributed by atoms with Gasteiger partial charge in [-0.15, -0.1) is 6.58 Å². The van der Waals surface area contributed by atoms with Crippen molar-refractivity contribution in [2.24, 2.45) is 0 Å². The number of carbonyl (C=O) groups is 1. The van der Waals surface area contributed by atoms with Gasteiger partial charge >= 0.3 is 0 Å². The first kappa shape index (κ1) is 19.0. The van der Waals surface area contributed by atoms with E-state index in [2.05, 4.69) is 11.6 Å². The fourth-order valence-electron chi connectivity index (χ4n) is 2.12. The van der Waals surface area contributed by atoms with Crippen LogP contribution in [-0.2, 0) is 14.8 Å². The molecule has 0 bridgehead atoms. The Labute approximate surface area is 137 Å². The number of rotatable bonds is 9. The standard InChI is InChI=1S/C16H21N3O3S/c1-4-7-8-16(20)14(11-17)15-10-9-13(12-18-15)23(21,22)19(5-2)6-3/h4,9-10,12,14H,1,5-8H2,2-3H3. The molecule has 0 spiro atoms. The maximum Gasteiger partial charge on any atom is 0.244 e. The number of hydrogen-bond acceptors (Lipinski definition) is 5.